The van der Waals surface area contributed by atoms with Gasteiger partial charge in [0.2, 0.25) is 0 Å². The van der Waals surface area contributed by atoms with Gasteiger partial charge < -0.3 is 10.1 Å². The molecular formula is C14H21NO2. The zero-order valence-corrected chi connectivity index (χ0v) is 11.0. The number of carbonyl (C=O) groups excluding carboxylic acids is 1. The van der Waals surface area contributed by atoms with Crippen molar-refractivity contribution in [3.8, 4) is 5.75 Å². The second kappa shape index (κ2) is 6.40. The molecule has 3 nitrogen and oxygen atoms in total. The van der Waals surface area contributed by atoms with Crippen LogP contribution in [0.2, 0.25) is 0 Å². The molecule has 0 aromatic heterocycles. The number of ether oxygens (including phenoxy) is 1. The number of likely N-dealkylation sites (N-methyl/N-ethyl adjacent to an activating group) is 1. The number of Topliss-reactive ketones (excluding diaryl/α,β-unsaturated/α-hetero) is 1. The molecule has 0 bridgehead atoms. The molecule has 3 heteroatoms. The summed E-state index contributed by atoms with van der Waals surface area (Å²) in [6.45, 7) is 6.65. The highest BCUT2D eigenvalue weighted by Crippen LogP contribution is 2.15. The Labute approximate surface area is 103 Å². The van der Waals surface area contributed by atoms with Crippen LogP contribution in [0.4, 0.5) is 0 Å². The van der Waals surface area contributed by atoms with E-state index in [1.165, 1.54) is 0 Å². The van der Waals surface area contributed by atoms with Crippen molar-refractivity contribution in [2.45, 2.75) is 26.8 Å². The molecule has 0 aliphatic carbocycles. The monoisotopic (exact) mass is 235 g/mol. The van der Waals surface area contributed by atoms with Crippen LogP contribution in [0.15, 0.2) is 24.3 Å². The molecule has 1 N–H and O–H groups in total. The Bertz CT molecular complexity index is 357. The van der Waals surface area contributed by atoms with Crippen molar-refractivity contribution in [1.29, 1.82) is 0 Å². The van der Waals surface area contributed by atoms with Crippen LogP contribution in [-0.2, 0) is 0 Å². The molecule has 0 spiro atoms. The summed E-state index contributed by atoms with van der Waals surface area (Å²) < 4.78 is 5.35. The Balaban J connectivity index is 2.81. The normalized spacial score (nSPS) is 12.5. The van der Waals surface area contributed by atoms with Gasteiger partial charge in [0.25, 0.3) is 0 Å². The smallest absolute Gasteiger partial charge is 0.179 e. The predicted molar refractivity (Wildman–Crippen MR) is 69.6 cm³/mol. The van der Waals surface area contributed by atoms with Gasteiger partial charge in [0.1, 0.15) is 5.75 Å². The second-order valence-electron chi connectivity index (χ2n) is 4.33. The fourth-order valence-electron chi connectivity index (χ4n) is 1.83. The number of hydrogen-bond donors (Lipinski definition) is 1. The minimum Gasteiger partial charge on any atom is -0.494 e. The number of hydrogen-bond acceptors (Lipinski definition) is 3. The summed E-state index contributed by atoms with van der Waals surface area (Å²) in [6, 6.07) is 7.18. The lowest BCUT2D eigenvalue weighted by Crippen LogP contribution is -2.38. The molecule has 0 saturated carbocycles. The first-order valence-corrected chi connectivity index (χ1v) is 6.04. The first kappa shape index (κ1) is 13.7. The van der Waals surface area contributed by atoms with E-state index >= 15 is 0 Å². The van der Waals surface area contributed by atoms with Crippen LogP contribution >= 0.6 is 0 Å². The zero-order chi connectivity index (χ0) is 12.8. The molecular weight excluding hydrogens is 214 g/mol. The Morgan fingerprint density at radius 1 is 1.29 bits per heavy atom. The first-order valence-electron chi connectivity index (χ1n) is 6.04. The van der Waals surface area contributed by atoms with Crippen molar-refractivity contribution in [2.24, 2.45) is 5.92 Å². The second-order valence-corrected chi connectivity index (χ2v) is 4.33. The van der Waals surface area contributed by atoms with E-state index < -0.39 is 0 Å². The van der Waals surface area contributed by atoms with E-state index in [4.69, 9.17) is 4.74 Å². The summed E-state index contributed by atoms with van der Waals surface area (Å²) >= 11 is 0. The van der Waals surface area contributed by atoms with Crippen molar-refractivity contribution in [2.75, 3.05) is 13.7 Å². The third kappa shape index (κ3) is 3.56. The summed E-state index contributed by atoms with van der Waals surface area (Å²) in [7, 11) is 1.82. The maximum absolute atomic E-state index is 12.2. The molecule has 0 aliphatic heterocycles. The summed E-state index contributed by atoms with van der Waals surface area (Å²) in [5.74, 6) is 1.21. The maximum Gasteiger partial charge on any atom is 0.179 e. The molecule has 0 fully saturated rings. The van der Waals surface area contributed by atoms with Crippen LogP contribution < -0.4 is 10.1 Å². The Morgan fingerprint density at radius 2 is 1.88 bits per heavy atom. The fourth-order valence-corrected chi connectivity index (χ4v) is 1.83. The van der Waals surface area contributed by atoms with Crippen LogP contribution in [0.25, 0.3) is 0 Å². The Morgan fingerprint density at radius 3 is 2.29 bits per heavy atom. The first-order chi connectivity index (χ1) is 8.10. The van der Waals surface area contributed by atoms with Crippen LogP contribution in [0.3, 0.4) is 0 Å². The average Bonchev–Trinajstić information content (AvgIpc) is 2.30. The quantitative estimate of drug-likeness (QED) is 0.770. The van der Waals surface area contributed by atoms with E-state index in [0.29, 0.717) is 6.61 Å². The van der Waals surface area contributed by atoms with E-state index in [2.05, 4.69) is 5.32 Å². The molecule has 0 saturated heterocycles. The van der Waals surface area contributed by atoms with E-state index in [0.717, 1.165) is 11.3 Å². The van der Waals surface area contributed by atoms with Gasteiger partial charge in [-0.15, -0.1) is 0 Å². The molecule has 1 atom stereocenters. The van der Waals surface area contributed by atoms with Crippen LogP contribution in [-0.4, -0.2) is 25.5 Å². The lowest BCUT2D eigenvalue weighted by molar-refractivity contribution is 0.0922. The minimum atomic E-state index is -0.132. The van der Waals surface area contributed by atoms with Gasteiger partial charge in [-0.05, 0) is 44.2 Å². The van der Waals surface area contributed by atoms with E-state index in [1.807, 2.05) is 52.1 Å². The molecule has 1 rings (SSSR count). The highest BCUT2D eigenvalue weighted by atomic mass is 16.5. The summed E-state index contributed by atoms with van der Waals surface area (Å²) in [5, 5.41) is 3.06. The molecule has 0 amide bonds. The lowest BCUT2D eigenvalue weighted by Gasteiger charge is -2.18. The summed E-state index contributed by atoms with van der Waals surface area (Å²) in [4.78, 5) is 12.2. The lowest BCUT2D eigenvalue weighted by atomic mass is 9.95. The average molecular weight is 235 g/mol. The number of nitrogens with one attached hydrogen (secondary N) is 1. The third-order valence-corrected chi connectivity index (χ3v) is 2.71. The van der Waals surface area contributed by atoms with Crippen molar-refractivity contribution in [3.63, 3.8) is 0 Å². The van der Waals surface area contributed by atoms with Gasteiger partial charge >= 0.3 is 0 Å². The zero-order valence-electron chi connectivity index (χ0n) is 11.0. The van der Waals surface area contributed by atoms with Gasteiger partial charge in [-0.1, -0.05) is 13.8 Å². The maximum atomic E-state index is 12.2. The highest BCUT2D eigenvalue weighted by Gasteiger charge is 2.21. The molecule has 1 unspecified atom stereocenters. The number of ketones is 1. The van der Waals surface area contributed by atoms with Crippen molar-refractivity contribution < 1.29 is 9.53 Å². The predicted octanol–water partition coefficient (Wildman–Crippen LogP) is 2.51. The van der Waals surface area contributed by atoms with Gasteiger partial charge in [0.05, 0.1) is 12.6 Å². The van der Waals surface area contributed by atoms with Gasteiger partial charge in [-0.3, -0.25) is 4.79 Å². The van der Waals surface area contributed by atoms with Gasteiger partial charge in [-0.25, -0.2) is 0 Å². The SMILES string of the molecule is CCOc1ccc(C(=O)C(NC)C(C)C)cc1. The Kier molecular flexibility index (Phi) is 5.16. The van der Waals surface area contributed by atoms with Crippen LogP contribution in [0.5, 0.6) is 5.75 Å². The molecule has 0 aliphatic rings. The molecule has 17 heavy (non-hydrogen) atoms. The van der Waals surface area contributed by atoms with E-state index in [9.17, 15) is 4.79 Å². The van der Waals surface area contributed by atoms with E-state index in [1.54, 1.807) is 0 Å². The molecule has 1 aromatic rings. The molecule has 1 aromatic carbocycles. The molecule has 0 heterocycles. The van der Waals surface area contributed by atoms with Crippen molar-refractivity contribution >= 4 is 5.78 Å². The minimum absolute atomic E-state index is 0.130. The van der Waals surface area contributed by atoms with E-state index in [-0.39, 0.29) is 17.7 Å². The molecule has 0 radical (unpaired) electrons. The fraction of sp³-hybridized carbons (Fsp3) is 0.500. The van der Waals surface area contributed by atoms with Gasteiger partial charge in [0.15, 0.2) is 5.78 Å². The van der Waals surface area contributed by atoms with Gasteiger partial charge in [-0.2, -0.15) is 0 Å². The third-order valence-electron chi connectivity index (χ3n) is 2.71. The standard InChI is InChI=1S/C14H21NO2/c1-5-17-12-8-6-11(7-9-12)14(16)13(15-4)10(2)3/h6-10,13,15H,5H2,1-4H3. The topological polar surface area (TPSA) is 38.3 Å². The van der Waals surface area contributed by atoms with Crippen LogP contribution in [0.1, 0.15) is 31.1 Å². The van der Waals surface area contributed by atoms with Crippen molar-refractivity contribution in [1.82, 2.24) is 5.32 Å². The largest absolute Gasteiger partial charge is 0.494 e. The summed E-state index contributed by atoms with van der Waals surface area (Å²) in [5.41, 5.74) is 0.724. The Hall–Kier alpha value is -1.35. The van der Waals surface area contributed by atoms with Crippen LogP contribution in [0, 0.1) is 5.92 Å². The highest BCUT2D eigenvalue weighted by molar-refractivity contribution is 6.00. The summed E-state index contributed by atoms with van der Waals surface area (Å²) in [6.07, 6.45) is 0. The molecule has 94 valence electrons. The van der Waals surface area contributed by atoms with Crippen molar-refractivity contribution in [3.05, 3.63) is 29.8 Å². The number of benzene rings is 1. The number of carbonyl (C=O) groups is 1. The van der Waals surface area contributed by atoms with Gasteiger partial charge in [0, 0.05) is 5.56 Å². The number of rotatable bonds is 6.